The molecule has 0 aromatic carbocycles. The molecule has 8 heteroatoms. The number of nitrogens with one attached hydrogen (secondary N) is 1. The van der Waals surface area contributed by atoms with E-state index in [2.05, 4.69) is 25.6 Å². The van der Waals surface area contributed by atoms with Gasteiger partial charge in [-0.15, -0.1) is 16.4 Å². The summed E-state index contributed by atoms with van der Waals surface area (Å²) in [4.78, 5) is 21.7. The second-order valence-corrected chi connectivity index (χ2v) is 7.12. The molecule has 3 heterocycles. The van der Waals surface area contributed by atoms with Crippen LogP contribution in [-0.4, -0.2) is 36.9 Å². The number of aromatic nitrogens is 5. The van der Waals surface area contributed by atoms with Crippen LogP contribution in [0.25, 0.3) is 23.5 Å². The van der Waals surface area contributed by atoms with Crippen molar-refractivity contribution in [3.05, 3.63) is 45.7 Å². The number of nitrogens with zero attached hydrogens (tertiary/aromatic N) is 5. The normalized spacial score (nSPS) is 11.4. The molecule has 1 N–H and O–H groups in total. The maximum Gasteiger partial charge on any atom is 0.263 e. The Morgan fingerprint density at radius 3 is 2.81 bits per heavy atom. The van der Waals surface area contributed by atoms with Crippen molar-refractivity contribution >= 4 is 29.4 Å². The first-order valence-electron chi connectivity index (χ1n) is 8.23. The molecule has 134 valence electrons. The quantitative estimate of drug-likeness (QED) is 0.748. The van der Waals surface area contributed by atoms with Gasteiger partial charge in [0.25, 0.3) is 5.91 Å². The largest absolute Gasteiger partial charge is 0.349 e. The van der Waals surface area contributed by atoms with Crippen molar-refractivity contribution in [1.82, 2.24) is 30.3 Å². The van der Waals surface area contributed by atoms with Gasteiger partial charge >= 0.3 is 0 Å². The number of carbonyl (C=O) groups excluding carboxylic acids is 1. The van der Waals surface area contributed by atoms with Crippen molar-refractivity contribution in [2.24, 2.45) is 7.05 Å². The van der Waals surface area contributed by atoms with Gasteiger partial charge in [0.1, 0.15) is 15.6 Å². The van der Waals surface area contributed by atoms with Gasteiger partial charge in [0.2, 0.25) is 0 Å². The first kappa shape index (κ1) is 17.9. The third-order valence-corrected chi connectivity index (χ3v) is 4.72. The van der Waals surface area contributed by atoms with Crippen molar-refractivity contribution < 1.29 is 4.79 Å². The summed E-state index contributed by atoms with van der Waals surface area (Å²) < 4.78 is 1.69. The van der Waals surface area contributed by atoms with E-state index in [1.54, 1.807) is 10.9 Å². The fourth-order valence-corrected chi connectivity index (χ4v) is 3.29. The summed E-state index contributed by atoms with van der Waals surface area (Å²) in [6.45, 7) is 5.71. The van der Waals surface area contributed by atoms with Gasteiger partial charge in [-0.2, -0.15) is 0 Å². The smallest absolute Gasteiger partial charge is 0.263 e. The average Bonchev–Trinajstić information content (AvgIpc) is 3.16. The van der Waals surface area contributed by atoms with Gasteiger partial charge in [-0.05, 0) is 45.1 Å². The SMILES string of the molecule is Cc1nc(/C=C/c2c(-c3ccccn3)nnn2C)sc1C(=O)NC(C)C. The number of hydrogen-bond acceptors (Lipinski definition) is 6. The van der Waals surface area contributed by atoms with Gasteiger partial charge in [-0.25, -0.2) is 9.67 Å². The molecule has 0 aliphatic rings. The van der Waals surface area contributed by atoms with E-state index < -0.39 is 0 Å². The lowest BCUT2D eigenvalue weighted by Gasteiger charge is -2.06. The highest BCUT2D eigenvalue weighted by Crippen LogP contribution is 2.23. The molecule has 0 saturated heterocycles. The Labute approximate surface area is 155 Å². The summed E-state index contributed by atoms with van der Waals surface area (Å²) in [6, 6.07) is 5.75. The predicted octanol–water partition coefficient (Wildman–Crippen LogP) is 2.95. The van der Waals surface area contributed by atoms with Crippen molar-refractivity contribution in [3.8, 4) is 11.4 Å². The minimum atomic E-state index is -0.0916. The molecule has 3 aromatic heterocycles. The molecule has 0 aliphatic carbocycles. The Morgan fingerprint density at radius 2 is 2.12 bits per heavy atom. The number of thiazole rings is 1. The summed E-state index contributed by atoms with van der Waals surface area (Å²) in [5, 5.41) is 11.9. The van der Waals surface area contributed by atoms with Gasteiger partial charge in [0.05, 0.1) is 17.1 Å². The summed E-state index contributed by atoms with van der Waals surface area (Å²) in [7, 11) is 1.83. The lowest BCUT2D eigenvalue weighted by Crippen LogP contribution is -2.29. The average molecular weight is 368 g/mol. The standard InChI is InChI=1S/C18H20N6OS/c1-11(2)20-18(25)17-12(3)21-15(26-17)9-8-14-16(22-23-24(14)4)13-7-5-6-10-19-13/h5-11H,1-4H3,(H,20,25)/b9-8+. The molecule has 3 rings (SSSR count). The molecule has 26 heavy (non-hydrogen) atoms. The van der Waals surface area contributed by atoms with E-state index >= 15 is 0 Å². The van der Waals surface area contributed by atoms with Crippen LogP contribution in [0.1, 0.15) is 39.9 Å². The zero-order valence-electron chi connectivity index (χ0n) is 15.1. The molecule has 0 aliphatic heterocycles. The number of pyridine rings is 1. The van der Waals surface area contributed by atoms with Crippen LogP contribution >= 0.6 is 11.3 Å². The summed E-state index contributed by atoms with van der Waals surface area (Å²) >= 11 is 1.36. The second-order valence-electron chi connectivity index (χ2n) is 6.09. The van der Waals surface area contributed by atoms with Crippen LogP contribution in [-0.2, 0) is 7.05 Å². The molecule has 0 radical (unpaired) electrons. The zero-order chi connectivity index (χ0) is 18.7. The van der Waals surface area contributed by atoms with Gasteiger partial charge < -0.3 is 5.32 Å². The highest BCUT2D eigenvalue weighted by Gasteiger charge is 2.16. The summed E-state index contributed by atoms with van der Waals surface area (Å²) in [5.74, 6) is -0.0916. The Morgan fingerprint density at radius 1 is 1.31 bits per heavy atom. The summed E-state index contributed by atoms with van der Waals surface area (Å²) in [6.07, 6.45) is 5.49. The Hall–Kier alpha value is -2.87. The van der Waals surface area contributed by atoms with Crippen LogP contribution in [0.2, 0.25) is 0 Å². The zero-order valence-corrected chi connectivity index (χ0v) is 15.9. The first-order chi connectivity index (χ1) is 12.5. The van der Waals surface area contributed by atoms with E-state index in [-0.39, 0.29) is 11.9 Å². The lowest BCUT2D eigenvalue weighted by molar-refractivity contribution is 0.0946. The minimum absolute atomic E-state index is 0.0874. The third kappa shape index (κ3) is 3.85. The van der Waals surface area contributed by atoms with E-state index in [4.69, 9.17) is 0 Å². The maximum absolute atomic E-state index is 12.2. The number of hydrogen-bond donors (Lipinski definition) is 1. The van der Waals surface area contributed by atoms with E-state index in [9.17, 15) is 4.79 Å². The Kier molecular flexibility index (Phi) is 5.22. The van der Waals surface area contributed by atoms with E-state index in [0.29, 0.717) is 10.6 Å². The van der Waals surface area contributed by atoms with Crippen LogP contribution in [0.3, 0.4) is 0 Å². The molecule has 0 fully saturated rings. The minimum Gasteiger partial charge on any atom is -0.349 e. The molecular weight excluding hydrogens is 348 g/mol. The highest BCUT2D eigenvalue weighted by molar-refractivity contribution is 7.14. The molecule has 0 unspecified atom stereocenters. The van der Waals surface area contributed by atoms with Crippen LogP contribution in [0.5, 0.6) is 0 Å². The first-order valence-corrected chi connectivity index (χ1v) is 9.05. The van der Waals surface area contributed by atoms with Crippen LogP contribution < -0.4 is 5.32 Å². The van der Waals surface area contributed by atoms with Gasteiger partial charge in [0.15, 0.2) is 0 Å². The maximum atomic E-state index is 12.2. The topological polar surface area (TPSA) is 85.6 Å². The number of aryl methyl sites for hydroxylation is 2. The molecule has 1 amide bonds. The van der Waals surface area contributed by atoms with E-state index in [1.165, 1.54) is 11.3 Å². The summed E-state index contributed by atoms with van der Waals surface area (Å²) in [5.41, 5.74) is 3.01. The molecule has 0 spiro atoms. The van der Waals surface area contributed by atoms with Crippen LogP contribution in [0, 0.1) is 6.92 Å². The van der Waals surface area contributed by atoms with Crippen molar-refractivity contribution in [2.75, 3.05) is 0 Å². The molecule has 0 saturated carbocycles. The van der Waals surface area contributed by atoms with Gasteiger partial charge in [-0.3, -0.25) is 9.78 Å². The Bertz CT molecular complexity index is 942. The van der Waals surface area contributed by atoms with Crippen LogP contribution in [0.15, 0.2) is 24.4 Å². The number of amides is 1. The van der Waals surface area contributed by atoms with E-state index in [1.807, 2.05) is 58.2 Å². The van der Waals surface area contributed by atoms with Crippen molar-refractivity contribution in [1.29, 1.82) is 0 Å². The number of rotatable bonds is 5. The molecule has 0 atom stereocenters. The third-order valence-electron chi connectivity index (χ3n) is 3.60. The van der Waals surface area contributed by atoms with Crippen molar-refractivity contribution in [2.45, 2.75) is 26.8 Å². The number of carbonyl (C=O) groups is 1. The van der Waals surface area contributed by atoms with Crippen LogP contribution in [0.4, 0.5) is 0 Å². The second kappa shape index (κ2) is 7.57. The Balaban J connectivity index is 1.88. The molecule has 3 aromatic rings. The molecule has 0 bridgehead atoms. The highest BCUT2D eigenvalue weighted by atomic mass is 32.1. The monoisotopic (exact) mass is 368 g/mol. The van der Waals surface area contributed by atoms with Gasteiger partial charge in [-0.1, -0.05) is 11.3 Å². The lowest BCUT2D eigenvalue weighted by atomic mass is 10.2. The fourth-order valence-electron chi connectivity index (χ4n) is 2.41. The van der Waals surface area contributed by atoms with Gasteiger partial charge in [0, 0.05) is 19.3 Å². The van der Waals surface area contributed by atoms with Crippen molar-refractivity contribution in [3.63, 3.8) is 0 Å². The fraction of sp³-hybridized carbons (Fsp3) is 0.278. The molecular formula is C18H20N6OS. The van der Waals surface area contributed by atoms with E-state index in [0.717, 1.165) is 22.1 Å². The molecule has 7 nitrogen and oxygen atoms in total. The predicted molar refractivity (Wildman–Crippen MR) is 103 cm³/mol.